The predicted molar refractivity (Wildman–Crippen MR) is 84.6 cm³/mol. The number of rotatable bonds is 3. The van der Waals surface area contributed by atoms with Gasteiger partial charge in [-0.3, -0.25) is 4.79 Å². The molecule has 5 nitrogen and oxygen atoms in total. The van der Waals surface area contributed by atoms with E-state index < -0.39 is 0 Å². The summed E-state index contributed by atoms with van der Waals surface area (Å²) in [5.41, 5.74) is 1.45. The molecule has 0 N–H and O–H groups in total. The number of likely N-dealkylation sites (tertiary alicyclic amines) is 1. The lowest BCUT2D eigenvalue weighted by atomic mass is 9.80. The summed E-state index contributed by atoms with van der Waals surface area (Å²) < 4.78 is 16.2. The van der Waals surface area contributed by atoms with Crippen molar-refractivity contribution in [2.24, 2.45) is 5.41 Å². The molecule has 0 saturated carbocycles. The topological polar surface area (TPSA) is 48.0 Å². The molecule has 2 fully saturated rings. The maximum atomic E-state index is 12.5. The fourth-order valence-electron chi connectivity index (χ4n) is 3.87. The van der Waals surface area contributed by atoms with Crippen LogP contribution < -0.4 is 9.47 Å². The summed E-state index contributed by atoms with van der Waals surface area (Å²) in [4.78, 5) is 14.6. The maximum Gasteiger partial charge on any atom is 0.231 e. The highest BCUT2D eigenvalue weighted by Crippen LogP contribution is 2.40. The van der Waals surface area contributed by atoms with Crippen LogP contribution in [0.2, 0.25) is 0 Å². The summed E-state index contributed by atoms with van der Waals surface area (Å²) in [5.74, 6) is 1.85. The number of carbonyl (C=O) groups excluding carboxylic acids is 1. The first kappa shape index (κ1) is 14.8. The normalized spacial score (nSPS) is 21.8. The second kappa shape index (κ2) is 6.04. The van der Waals surface area contributed by atoms with Crippen molar-refractivity contribution in [1.82, 2.24) is 4.90 Å². The van der Waals surface area contributed by atoms with Crippen LogP contribution in [0.3, 0.4) is 0 Å². The van der Waals surface area contributed by atoms with E-state index in [1.165, 1.54) is 0 Å². The van der Waals surface area contributed by atoms with E-state index in [2.05, 4.69) is 4.90 Å². The lowest BCUT2D eigenvalue weighted by molar-refractivity contribution is -0.130. The average Bonchev–Trinajstić information content (AvgIpc) is 3.20. The summed E-state index contributed by atoms with van der Waals surface area (Å²) in [7, 11) is 0. The van der Waals surface area contributed by atoms with Crippen molar-refractivity contribution in [2.75, 3.05) is 33.1 Å². The zero-order chi connectivity index (χ0) is 15.7. The zero-order valence-electron chi connectivity index (χ0n) is 13.4. The molecule has 0 aromatic heterocycles. The molecular weight excluding hydrogens is 294 g/mol. The number of ether oxygens (including phenoxy) is 3. The van der Waals surface area contributed by atoms with Crippen molar-refractivity contribution in [3.63, 3.8) is 0 Å². The van der Waals surface area contributed by atoms with Crippen molar-refractivity contribution < 1.29 is 19.0 Å². The Morgan fingerprint density at radius 3 is 2.83 bits per heavy atom. The average molecular weight is 317 g/mol. The molecule has 0 atom stereocenters. The van der Waals surface area contributed by atoms with E-state index in [-0.39, 0.29) is 12.7 Å². The van der Waals surface area contributed by atoms with Crippen molar-refractivity contribution in [1.29, 1.82) is 0 Å². The molecule has 5 heteroatoms. The molecule has 2 saturated heterocycles. The van der Waals surface area contributed by atoms with Crippen LogP contribution in [0.4, 0.5) is 0 Å². The second-order valence-electron chi connectivity index (χ2n) is 6.87. The molecule has 4 rings (SSSR count). The number of hydrogen-bond donors (Lipinski definition) is 0. The first-order chi connectivity index (χ1) is 11.2. The van der Waals surface area contributed by atoms with Gasteiger partial charge in [0.15, 0.2) is 11.5 Å². The number of nitrogens with zero attached hydrogens (tertiary/aromatic N) is 1. The molecule has 124 valence electrons. The number of amides is 1. The molecular formula is C18H23NO4. The van der Waals surface area contributed by atoms with Gasteiger partial charge in [-0.15, -0.1) is 0 Å². The monoisotopic (exact) mass is 317 g/mol. The Morgan fingerprint density at radius 1 is 1.13 bits per heavy atom. The molecule has 23 heavy (non-hydrogen) atoms. The van der Waals surface area contributed by atoms with E-state index >= 15 is 0 Å². The third kappa shape index (κ3) is 3.02. The van der Waals surface area contributed by atoms with E-state index in [9.17, 15) is 4.79 Å². The van der Waals surface area contributed by atoms with Crippen LogP contribution in [0.5, 0.6) is 11.5 Å². The largest absolute Gasteiger partial charge is 0.454 e. The maximum absolute atomic E-state index is 12.5. The number of hydrogen-bond acceptors (Lipinski definition) is 4. The standard InChI is InChI=1S/C18H23NO4/c20-17(19-8-5-18(12-19)6-9-21-10-7-18)4-2-14-1-3-15-16(11-14)23-13-22-15/h1,3,11H,2,4-10,12-13H2. The summed E-state index contributed by atoms with van der Waals surface area (Å²) in [6.45, 7) is 3.80. The van der Waals surface area contributed by atoms with Crippen LogP contribution in [0.25, 0.3) is 0 Å². The molecule has 3 heterocycles. The van der Waals surface area contributed by atoms with E-state index in [1.54, 1.807) is 0 Å². The van der Waals surface area contributed by atoms with E-state index in [1.807, 2.05) is 18.2 Å². The molecule has 3 aliphatic heterocycles. The number of aryl methyl sites for hydroxylation is 1. The predicted octanol–water partition coefficient (Wildman–Crippen LogP) is 2.38. The molecule has 0 aliphatic carbocycles. The highest BCUT2D eigenvalue weighted by Gasteiger charge is 2.40. The highest BCUT2D eigenvalue weighted by molar-refractivity contribution is 5.77. The van der Waals surface area contributed by atoms with Gasteiger partial charge in [0.05, 0.1) is 0 Å². The fraction of sp³-hybridized carbons (Fsp3) is 0.611. The highest BCUT2D eigenvalue weighted by atomic mass is 16.7. The molecule has 1 amide bonds. The van der Waals surface area contributed by atoms with E-state index in [0.29, 0.717) is 11.8 Å². The van der Waals surface area contributed by atoms with Crippen LogP contribution in [-0.4, -0.2) is 43.9 Å². The molecule has 0 bridgehead atoms. The van der Waals surface area contributed by atoms with E-state index in [4.69, 9.17) is 14.2 Å². The van der Waals surface area contributed by atoms with Crippen LogP contribution in [0.1, 0.15) is 31.2 Å². The van der Waals surface area contributed by atoms with Crippen molar-refractivity contribution in [3.05, 3.63) is 23.8 Å². The Balaban J connectivity index is 1.32. The van der Waals surface area contributed by atoms with Gasteiger partial charge < -0.3 is 19.1 Å². The minimum Gasteiger partial charge on any atom is -0.454 e. The Bertz CT molecular complexity index is 595. The van der Waals surface area contributed by atoms with Gasteiger partial charge in [-0.1, -0.05) is 6.07 Å². The number of carbonyl (C=O) groups is 1. The zero-order valence-corrected chi connectivity index (χ0v) is 13.4. The molecule has 1 aromatic carbocycles. The van der Waals surface area contributed by atoms with Gasteiger partial charge in [-0.05, 0) is 48.8 Å². The van der Waals surface area contributed by atoms with Gasteiger partial charge in [-0.25, -0.2) is 0 Å². The number of benzene rings is 1. The van der Waals surface area contributed by atoms with Crippen LogP contribution in [0, 0.1) is 5.41 Å². The fourth-order valence-corrected chi connectivity index (χ4v) is 3.87. The Hall–Kier alpha value is -1.75. The minimum absolute atomic E-state index is 0.269. The van der Waals surface area contributed by atoms with Crippen LogP contribution in [0.15, 0.2) is 18.2 Å². The minimum atomic E-state index is 0.269. The first-order valence-corrected chi connectivity index (χ1v) is 8.48. The van der Waals surface area contributed by atoms with Gasteiger partial charge in [0.1, 0.15) is 0 Å². The Morgan fingerprint density at radius 2 is 1.96 bits per heavy atom. The lowest BCUT2D eigenvalue weighted by Gasteiger charge is -2.33. The smallest absolute Gasteiger partial charge is 0.231 e. The quantitative estimate of drug-likeness (QED) is 0.859. The summed E-state index contributed by atoms with van der Waals surface area (Å²) in [6.07, 6.45) is 4.64. The van der Waals surface area contributed by atoms with Gasteiger partial charge in [0.2, 0.25) is 12.7 Å². The molecule has 0 radical (unpaired) electrons. The van der Waals surface area contributed by atoms with Crippen molar-refractivity contribution in [2.45, 2.75) is 32.1 Å². The Kier molecular flexibility index (Phi) is 3.89. The first-order valence-electron chi connectivity index (χ1n) is 8.48. The molecule has 1 aromatic rings. The molecule has 3 aliphatic rings. The number of fused-ring (bicyclic) bond motifs is 1. The van der Waals surface area contributed by atoms with E-state index in [0.717, 1.165) is 69.0 Å². The summed E-state index contributed by atoms with van der Waals surface area (Å²) >= 11 is 0. The molecule has 0 unspecified atom stereocenters. The van der Waals surface area contributed by atoms with Gasteiger partial charge in [0, 0.05) is 32.7 Å². The van der Waals surface area contributed by atoms with Gasteiger partial charge in [-0.2, -0.15) is 0 Å². The Labute approximate surface area is 136 Å². The third-order valence-electron chi connectivity index (χ3n) is 5.41. The van der Waals surface area contributed by atoms with Gasteiger partial charge in [0.25, 0.3) is 0 Å². The second-order valence-corrected chi connectivity index (χ2v) is 6.87. The van der Waals surface area contributed by atoms with Crippen molar-refractivity contribution in [3.8, 4) is 11.5 Å². The van der Waals surface area contributed by atoms with Crippen LogP contribution >= 0.6 is 0 Å². The van der Waals surface area contributed by atoms with Crippen molar-refractivity contribution >= 4 is 5.91 Å². The summed E-state index contributed by atoms with van der Waals surface area (Å²) in [5, 5.41) is 0. The SMILES string of the molecule is O=C(CCc1ccc2c(c1)OCO2)N1CCC2(CCOCC2)C1. The lowest BCUT2D eigenvalue weighted by Crippen LogP contribution is -2.35. The molecule has 1 spiro atoms. The summed E-state index contributed by atoms with van der Waals surface area (Å²) in [6, 6.07) is 5.93. The van der Waals surface area contributed by atoms with Crippen LogP contribution in [-0.2, 0) is 16.0 Å². The third-order valence-corrected chi connectivity index (χ3v) is 5.41. The van der Waals surface area contributed by atoms with Gasteiger partial charge >= 0.3 is 0 Å².